The van der Waals surface area contributed by atoms with E-state index < -0.39 is 0 Å². The van der Waals surface area contributed by atoms with Crippen LogP contribution >= 0.6 is 24.0 Å². The van der Waals surface area contributed by atoms with Crippen molar-refractivity contribution in [2.45, 2.75) is 45.4 Å². The molecular formula is C22H34FIN4O. The minimum Gasteiger partial charge on any atom is -0.382 e. The third-order valence-corrected chi connectivity index (χ3v) is 5.92. The fraction of sp³-hybridized carbons (Fsp3) is 0.591. The zero-order valence-corrected chi connectivity index (χ0v) is 19.9. The van der Waals surface area contributed by atoms with Gasteiger partial charge in [0, 0.05) is 50.5 Å². The van der Waals surface area contributed by atoms with Gasteiger partial charge in [0.25, 0.3) is 0 Å². The second-order valence-corrected chi connectivity index (χ2v) is 7.76. The largest absolute Gasteiger partial charge is 0.382 e. The van der Waals surface area contributed by atoms with Crippen molar-refractivity contribution in [1.82, 2.24) is 15.6 Å². The molecule has 5 nitrogen and oxygen atoms in total. The molecule has 3 N–H and O–H groups in total. The molecule has 7 heteroatoms. The maximum absolute atomic E-state index is 13.5. The summed E-state index contributed by atoms with van der Waals surface area (Å²) in [5.74, 6) is 0.626. The van der Waals surface area contributed by atoms with Gasteiger partial charge in [-0.1, -0.05) is 12.8 Å². The Labute approximate surface area is 190 Å². The van der Waals surface area contributed by atoms with Crippen LogP contribution in [0.2, 0.25) is 0 Å². The Morgan fingerprint density at radius 1 is 1.28 bits per heavy atom. The Kier molecular flexibility index (Phi) is 9.68. The molecule has 162 valence electrons. The average Bonchev–Trinajstić information content (AvgIpc) is 3.32. The van der Waals surface area contributed by atoms with E-state index >= 15 is 0 Å². The zero-order valence-electron chi connectivity index (χ0n) is 17.5. The van der Waals surface area contributed by atoms with E-state index in [0.29, 0.717) is 5.41 Å². The maximum atomic E-state index is 13.5. The summed E-state index contributed by atoms with van der Waals surface area (Å²) in [7, 11) is 1.80. The summed E-state index contributed by atoms with van der Waals surface area (Å²) in [6.45, 7) is 5.34. The van der Waals surface area contributed by atoms with E-state index in [4.69, 9.17) is 4.74 Å². The molecule has 2 aromatic rings. The predicted molar refractivity (Wildman–Crippen MR) is 129 cm³/mol. The lowest BCUT2D eigenvalue weighted by Crippen LogP contribution is -2.44. The number of nitrogens with zero attached hydrogens (tertiary/aromatic N) is 1. The number of hydrogen-bond acceptors (Lipinski definition) is 2. The molecule has 1 aromatic heterocycles. The van der Waals surface area contributed by atoms with Crippen molar-refractivity contribution in [2.75, 3.05) is 33.4 Å². The monoisotopic (exact) mass is 516 g/mol. The van der Waals surface area contributed by atoms with Crippen LogP contribution in [0.25, 0.3) is 10.9 Å². The predicted octanol–water partition coefficient (Wildman–Crippen LogP) is 4.62. The lowest BCUT2D eigenvalue weighted by Gasteiger charge is -2.30. The van der Waals surface area contributed by atoms with E-state index in [1.165, 1.54) is 31.7 Å². The Balaban J connectivity index is 0.00000300. The SMILES string of the molecule is CCOCCC1(CNC(=NC)NCCc2c[nH]c3ccc(F)cc23)CCCC1.I. The van der Waals surface area contributed by atoms with Crippen LogP contribution in [0.1, 0.15) is 44.6 Å². The van der Waals surface area contributed by atoms with E-state index in [-0.39, 0.29) is 29.8 Å². The number of aromatic nitrogens is 1. The molecule has 29 heavy (non-hydrogen) atoms. The number of fused-ring (bicyclic) bond motifs is 1. The van der Waals surface area contributed by atoms with Crippen molar-refractivity contribution in [3.05, 3.63) is 35.8 Å². The highest BCUT2D eigenvalue weighted by Crippen LogP contribution is 2.40. The number of halogens is 2. The lowest BCUT2D eigenvalue weighted by molar-refractivity contribution is 0.105. The number of aliphatic imine (C=N–C) groups is 1. The molecule has 1 aromatic carbocycles. The highest BCUT2D eigenvalue weighted by atomic mass is 127. The summed E-state index contributed by atoms with van der Waals surface area (Å²) >= 11 is 0. The fourth-order valence-electron chi connectivity index (χ4n) is 4.24. The first-order chi connectivity index (χ1) is 13.7. The number of benzene rings is 1. The van der Waals surface area contributed by atoms with E-state index in [2.05, 4.69) is 20.6 Å². The van der Waals surface area contributed by atoms with Crippen molar-refractivity contribution >= 4 is 40.8 Å². The first kappa shape index (κ1) is 23.9. The van der Waals surface area contributed by atoms with Crippen molar-refractivity contribution in [2.24, 2.45) is 10.4 Å². The highest BCUT2D eigenvalue weighted by molar-refractivity contribution is 14.0. The molecule has 0 saturated heterocycles. The smallest absolute Gasteiger partial charge is 0.191 e. The second-order valence-electron chi connectivity index (χ2n) is 7.76. The Bertz CT molecular complexity index is 786. The van der Waals surface area contributed by atoms with Crippen LogP contribution in [0, 0.1) is 11.2 Å². The van der Waals surface area contributed by atoms with Gasteiger partial charge in [-0.25, -0.2) is 4.39 Å². The summed E-state index contributed by atoms with van der Waals surface area (Å²) in [6, 6.07) is 4.86. The summed E-state index contributed by atoms with van der Waals surface area (Å²) in [4.78, 5) is 7.57. The summed E-state index contributed by atoms with van der Waals surface area (Å²) in [5.41, 5.74) is 2.40. The van der Waals surface area contributed by atoms with Crippen molar-refractivity contribution < 1.29 is 9.13 Å². The molecule has 3 rings (SSSR count). The molecule has 0 atom stereocenters. The van der Waals surface area contributed by atoms with Crippen LogP contribution in [0.15, 0.2) is 29.4 Å². The van der Waals surface area contributed by atoms with Gasteiger partial charge in [-0.15, -0.1) is 24.0 Å². The molecule has 0 bridgehead atoms. The third-order valence-electron chi connectivity index (χ3n) is 5.92. The second kappa shape index (κ2) is 11.7. The topological polar surface area (TPSA) is 61.4 Å². The molecule has 1 aliphatic carbocycles. The van der Waals surface area contributed by atoms with Gasteiger partial charge in [-0.2, -0.15) is 0 Å². The quantitative estimate of drug-likeness (QED) is 0.197. The molecule has 1 heterocycles. The summed E-state index contributed by atoms with van der Waals surface area (Å²) in [5, 5.41) is 7.87. The van der Waals surface area contributed by atoms with Gasteiger partial charge in [-0.3, -0.25) is 4.99 Å². The Hall–Kier alpha value is -1.35. The third kappa shape index (κ3) is 6.57. The van der Waals surface area contributed by atoms with Crippen LogP contribution in [0.3, 0.4) is 0 Å². The van der Waals surface area contributed by atoms with Gasteiger partial charge in [-0.05, 0) is 61.8 Å². The number of ether oxygens (including phenoxy) is 1. The van der Waals surface area contributed by atoms with E-state index in [0.717, 1.165) is 61.6 Å². The summed E-state index contributed by atoms with van der Waals surface area (Å²) < 4.78 is 19.1. The van der Waals surface area contributed by atoms with Gasteiger partial charge in [0.1, 0.15) is 5.82 Å². The van der Waals surface area contributed by atoms with Gasteiger partial charge in [0.15, 0.2) is 5.96 Å². The normalized spacial score (nSPS) is 16.0. The molecule has 1 saturated carbocycles. The minimum absolute atomic E-state index is 0. The average molecular weight is 516 g/mol. The van der Waals surface area contributed by atoms with Crippen molar-refractivity contribution in [3.63, 3.8) is 0 Å². The number of rotatable bonds is 9. The molecule has 0 aliphatic heterocycles. The zero-order chi connectivity index (χ0) is 19.8. The lowest BCUT2D eigenvalue weighted by atomic mass is 9.83. The number of nitrogens with one attached hydrogen (secondary N) is 3. The number of aromatic amines is 1. The van der Waals surface area contributed by atoms with Gasteiger partial charge in [0.05, 0.1) is 0 Å². The number of guanidine groups is 1. The molecule has 1 aliphatic rings. The van der Waals surface area contributed by atoms with Crippen molar-refractivity contribution in [1.29, 1.82) is 0 Å². The molecule has 0 spiro atoms. The molecular weight excluding hydrogens is 482 g/mol. The first-order valence-corrected chi connectivity index (χ1v) is 10.4. The minimum atomic E-state index is -0.201. The van der Waals surface area contributed by atoms with Crippen LogP contribution in [-0.2, 0) is 11.2 Å². The van der Waals surface area contributed by atoms with E-state index in [9.17, 15) is 4.39 Å². The standard InChI is InChI=1S/C22H33FN4O.HI/c1-3-28-13-11-22(9-4-5-10-22)16-27-21(24-2)25-12-8-17-15-26-20-7-6-18(23)14-19(17)20;/h6-7,14-15,26H,3-5,8-13,16H2,1-2H3,(H2,24,25,27);1H. The Morgan fingerprint density at radius 3 is 2.79 bits per heavy atom. The molecule has 0 amide bonds. The molecule has 1 fully saturated rings. The van der Waals surface area contributed by atoms with E-state index in [1.54, 1.807) is 19.2 Å². The van der Waals surface area contributed by atoms with Gasteiger partial charge >= 0.3 is 0 Å². The van der Waals surface area contributed by atoms with E-state index in [1.807, 2.05) is 13.1 Å². The number of hydrogen-bond donors (Lipinski definition) is 3. The van der Waals surface area contributed by atoms with Crippen LogP contribution < -0.4 is 10.6 Å². The summed E-state index contributed by atoms with van der Waals surface area (Å²) in [6.07, 6.45) is 8.98. The fourth-order valence-corrected chi connectivity index (χ4v) is 4.24. The van der Waals surface area contributed by atoms with Crippen LogP contribution in [0.4, 0.5) is 4.39 Å². The maximum Gasteiger partial charge on any atom is 0.191 e. The first-order valence-electron chi connectivity index (χ1n) is 10.4. The molecule has 0 unspecified atom stereocenters. The highest BCUT2D eigenvalue weighted by Gasteiger charge is 2.33. The number of H-pyrrole nitrogens is 1. The van der Waals surface area contributed by atoms with Gasteiger partial charge in [0.2, 0.25) is 0 Å². The van der Waals surface area contributed by atoms with Crippen LogP contribution in [0.5, 0.6) is 0 Å². The Morgan fingerprint density at radius 2 is 2.07 bits per heavy atom. The van der Waals surface area contributed by atoms with Gasteiger partial charge < -0.3 is 20.4 Å². The molecule has 0 radical (unpaired) electrons. The van der Waals surface area contributed by atoms with Crippen molar-refractivity contribution in [3.8, 4) is 0 Å². The van der Waals surface area contributed by atoms with Crippen LogP contribution in [-0.4, -0.2) is 44.3 Å².